The predicted molar refractivity (Wildman–Crippen MR) is 136 cm³/mol. The van der Waals surface area contributed by atoms with Crippen LogP contribution in [0.3, 0.4) is 0 Å². The standard InChI is InChI=1S/C22H31FN4O2S.HI/c1-4-24-22(25-13-12-18-8-7-11-21(23)14-18)26-15-19-9-5-6-10-20(19)16-30(28,29)27-17(2)3;/h5-11,14,17,27H,4,12-13,15-16H2,1-3H3,(H2,24,25,26);1H. The van der Waals surface area contributed by atoms with Crippen molar-refractivity contribution in [2.45, 2.75) is 45.5 Å². The first-order chi connectivity index (χ1) is 14.3. The maximum atomic E-state index is 13.3. The second-order valence-corrected chi connectivity index (χ2v) is 9.06. The molecule has 0 bridgehead atoms. The molecule has 9 heteroatoms. The van der Waals surface area contributed by atoms with Gasteiger partial charge in [0.05, 0.1) is 12.3 Å². The van der Waals surface area contributed by atoms with Gasteiger partial charge in [0.25, 0.3) is 0 Å². The lowest BCUT2D eigenvalue weighted by molar-refractivity contribution is 0.569. The Kier molecular flexibility index (Phi) is 12.0. The van der Waals surface area contributed by atoms with Crippen LogP contribution in [0.5, 0.6) is 0 Å². The van der Waals surface area contributed by atoms with Crippen molar-refractivity contribution in [2.75, 3.05) is 13.1 Å². The second kappa shape index (κ2) is 13.6. The Hall–Kier alpha value is -1.72. The zero-order valence-electron chi connectivity index (χ0n) is 18.2. The van der Waals surface area contributed by atoms with Crippen LogP contribution >= 0.6 is 24.0 Å². The topological polar surface area (TPSA) is 82.6 Å². The third-order valence-electron chi connectivity index (χ3n) is 4.23. The number of sulfonamides is 1. The Balaban J connectivity index is 0.00000480. The summed E-state index contributed by atoms with van der Waals surface area (Å²) in [5, 5.41) is 6.42. The van der Waals surface area contributed by atoms with E-state index in [1.54, 1.807) is 19.9 Å². The highest BCUT2D eigenvalue weighted by Gasteiger charge is 2.15. The summed E-state index contributed by atoms with van der Waals surface area (Å²) < 4.78 is 40.5. The quantitative estimate of drug-likeness (QED) is 0.235. The van der Waals surface area contributed by atoms with Gasteiger partial charge >= 0.3 is 0 Å². The minimum Gasteiger partial charge on any atom is -0.357 e. The van der Waals surface area contributed by atoms with Crippen molar-refractivity contribution in [1.82, 2.24) is 15.4 Å². The molecule has 0 aliphatic carbocycles. The van der Waals surface area contributed by atoms with Gasteiger partial charge in [-0.15, -0.1) is 24.0 Å². The molecule has 0 heterocycles. The Morgan fingerprint density at radius 3 is 2.42 bits per heavy atom. The molecule has 6 nitrogen and oxygen atoms in total. The Morgan fingerprint density at radius 2 is 1.77 bits per heavy atom. The van der Waals surface area contributed by atoms with Crippen LogP contribution in [0.15, 0.2) is 53.5 Å². The van der Waals surface area contributed by atoms with E-state index in [2.05, 4.69) is 20.3 Å². The van der Waals surface area contributed by atoms with E-state index < -0.39 is 10.0 Å². The smallest absolute Gasteiger partial charge is 0.216 e. The van der Waals surface area contributed by atoms with E-state index in [4.69, 9.17) is 0 Å². The molecular formula is C22H32FIN4O2S. The summed E-state index contributed by atoms with van der Waals surface area (Å²) in [5.41, 5.74) is 2.49. The van der Waals surface area contributed by atoms with Crippen molar-refractivity contribution in [1.29, 1.82) is 0 Å². The highest BCUT2D eigenvalue weighted by atomic mass is 127. The minimum atomic E-state index is -3.41. The van der Waals surface area contributed by atoms with E-state index in [9.17, 15) is 12.8 Å². The molecule has 0 aromatic heterocycles. The third kappa shape index (κ3) is 10.4. The van der Waals surface area contributed by atoms with Gasteiger partial charge < -0.3 is 10.6 Å². The van der Waals surface area contributed by atoms with Gasteiger partial charge in [0.15, 0.2) is 5.96 Å². The SMILES string of the molecule is CCNC(=NCc1ccccc1CS(=O)(=O)NC(C)C)NCCc1cccc(F)c1.I. The van der Waals surface area contributed by atoms with Gasteiger partial charge in [-0.2, -0.15) is 0 Å². The Bertz CT molecular complexity index is 952. The predicted octanol–water partition coefficient (Wildman–Crippen LogP) is 3.57. The minimum absolute atomic E-state index is 0. The van der Waals surface area contributed by atoms with Crippen molar-refractivity contribution in [2.24, 2.45) is 4.99 Å². The number of rotatable bonds is 10. The molecule has 172 valence electrons. The molecule has 0 amide bonds. The van der Waals surface area contributed by atoms with Crippen molar-refractivity contribution in [3.05, 3.63) is 71.0 Å². The fourth-order valence-corrected chi connectivity index (χ4v) is 4.47. The van der Waals surface area contributed by atoms with Gasteiger partial charge in [0.1, 0.15) is 5.82 Å². The molecule has 2 aromatic carbocycles. The zero-order valence-corrected chi connectivity index (χ0v) is 21.3. The molecule has 0 saturated heterocycles. The molecule has 0 fully saturated rings. The van der Waals surface area contributed by atoms with Crippen LogP contribution in [0, 0.1) is 5.82 Å². The van der Waals surface area contributed by atoms with Crippen LogP contribution in [0.25, 0.3) is 0 Å². The Morgan fingerprint density at radius 1 is 1.06 bits per heavy atom. The largest absolute Gasteiger partial charge is 0.357 e. The highest BCUT2D eigenvalue weighted by molar-refractivity contribution is 14.0. The molecule has 3 N–H and O–H groups in total. The second-order valence-electron chi connectivity index (χ2n) is 7.30. The van der Waals surface area contributed by atoms with Crippen molar-refractivity contribution < 1.29 is 12.8 Å². The summed E-state index contributed by atoms with van der Waals surface area (Å²) in [4.78, 5) is 4.59. The van der Waals surface area contributed by atoms with Crippen LogP contribution in [0.1, 0.15) is 37.5 Å². The molecule has 0 spiro atoms. The lowest BCUT2D eigenvalue weighted by atomic mass is 10.1. The third-order valence-corrected chi connectivity index (χ3v) is 5.75. The maximum Gasteiger partial charge on any atom is 0.216 e. The van der Waals surface area contributed by atoms with Crippen LogP contribution in [-0.2, 0) is 28.7 Å². The number of halogens is 2. The Labute approximate surface area is 202 Å². The van der Waals surface area contributed by atoms with E-state index in [1.165, 1.54) is 12.1 Å². The average molecular weight is 562 g/mol. The molecule has 2 rings (SSSR count). The number of guanidine groups is 1. The fourth-order valence-electron chi connectivity index (χ4n) is 2.98. The zero-order chi connectivity index (χ0) is 22.0. The van der Waals surface area contributed by atoms with E-state index >= 15 is 0 Å². The fraction of sp³-hybridized carbons (Fsp3) is 0.409. The molecule has 0 radical (unpaired) electrons. The van der Waals surface area contributed by atoms with Crippen LogP contribution in [0.4, 0.5) is 4.39 Å². The first-order valence-corrected chi connectivity index (χ1v) is 11.8. The van der Waals surface area contributed by atoms with Gasteiger partial charge in [0.2, 0.25) is 10.0 Å². The number of hydrogen-bond acceptors (Lipinski definition) is 3. The normalized spacial score (nSPS) is 11.8. The molecule has 31 heavy (non-hydrogen) atoms. The molecule has 0 aliphatic rings. The number of nitrogens with one attached hydrogen (secondary N) is 3. The van der Waals surface area contributed by atoms with Gasteiger partial charge in [-0.25, -0.2) is 22.5 Å². The number of aliphatic imine (C=N–C) groups is 1. The van der Waals surface area contributed by atoms with Gasteiger partial charge in [0, 0.05) is 19.1 Å². The summed E-state index contributed by atoms with van der Waals surface area (Å²) in [6, 6.07) is 13.8. The van der Waals surface area contributed by atoms with Crippen molar-refractivity contribution >= 4 is 40.0 Å². The number of hydrogen-bond donors (Lipinski definition) is 3. The summed E-state index contributed by atoms with van der Waals surface area (Å²) in [7, 11) is -3.41. The molecule has 2 aromatic rings. The number of nitrogens with zero attached hydrogens (tertiary/aromatic N) is 1. The first kappa shape index (κ1) is 27.3. The van der Waals surface area contributed by atoms with E-state index in [-0.39, 0.29) is 41.6 Å². The first-order valence-electron chi connectivity index (χ1n) is 10.1. The van der Waals surface area contributed by atoms with Gasteiger partial charge in [-0.3, -0.25) is 0 Å². The monoisotopic (exact) mass is 562 g/mol. The molecule has 0 saturated carbocycles. The number of benzene rings is 2. The summed E-state index contributed by atoms with van der Waals surface area (Å²) in [6.45, 7) is 7.21. The van der Waals surface area contributed by atoms with Gasteiger partial charge in [-0.05, 0) is 56.0 Å². The van der Waals surface area contributed by atoms with Gasteiger partial charge in [-0.1, -0.05) is 36.4 Å². The summed E-state index contributed by atoms with van der Waals surface area (Å²) in [5.74, 6) is 0.305. The van der Waals surface area contributed by atoms with Crippen molar-refractivity contribution in [3.8, 4) is 0 Å². The average Bonchev–Trinajstić information content (AvgIpc) is 2.66. The molecule has 0 unspecified atom stereocenters. The van der Waals surface area contributed by atoms with E-state index in [0.29, 0.717) is 32.0 Å². The summed E-state index contributed by atoms with van der Waals surface area (Å²) in [6.07, 6.45) is 0.665. The van der Waals surface area contributed by atoms with E-state index in [0.717, 1.165) is 16.7 Å². The lowest BCUT2D eigenvalue weighted by Crippen LogP contribution is -2.38. The summed E-state index contributed by atoms with van der Waals surface area (Å²) >= 11 is 0. The maximum absolute atomic E-state index is 13.3. The highest BCUT2D eigenvalue weighted by Crippen LogP contribution is 2.14. The molecule has 0 atom stereocenters. The van der Waals surface area contributed by atoms with E-state index in [1.807, 2.05) is 37.3 Å². The molecular weight excluding hydrogens is 530 g/mol. The molecule has 0 aliphatic heterocycles. The lowest BCUT2D eigenvalue weighted by Gasteiger charge is -2.14. The van der Waals surface area contributed by atoms with Crippen molar-refractivity contribution in [3.63, 3.8) is 0 Å². The van der Waals surface area contributed by atoms with Crippen LogP contribution in [0.2, 0.25) is 0 Å². The van der Waals surface area contributed by atoms with Crippen LogP contribution in [-0.4, -0.2) is 33.5 Å². The van der Waals surface area contributed by atoms with Crippen LogP contribution < -0.4 is 15.4 Å².